The van der Waals surface area contributed by atoms with Gasteiger partial charge >= 0.3 is 18.0 Å². The van der Waals surface area contributed by atoms with Crippen molar-refractivity contribution in [2.75, 3.05) is 139 Å². The summed E-state index contributed by atoms with van der Waals surface area (Å²) in [5.41, 5.74) is -1.49. The van der Waals surface area contributed by atoms with Crippen LogP contribution in [0, 0.1) is 16.2 Å². The van der Waals surface area contributed by atoms with Crippen LogP contribution < -0.4 is 14.2 Å². The Morgan fingerprint density at radius 3 is 0.719 bits per heavy atom. The second-order valence-electron chi connectivity index (χ2n) is 16.4. The largest absolute Gasteiger partial charge is 0.462 e. The van der Waals surface area contributed by atoms with Crippen molar-refractivity contribution < 1.29 is 71.1 Å². The molecule has 0 radical (unpaired) electrons. The molecular formula is C39H63N3O15. The van der Waals surface area contributed by atoms with E-state index in [0.717, 1.165) is 19.3 Å². The second-order valence-corrected chi connectivity index (χ2v) is 16.4. The number of nitrogens with zero attached hydrogens (tertiary/aromatic N) is 3. The van der Waals surface area contributed by atoms with Crippen LogP contribution in [0.1, 0.15) is 40.0 Å². The number of hydrogen-bond acceptors (Lipinski definition) is 18. The third-order valence-electron chi connectivity index (χ3n) is 11.0. The van der Waals surface area contributed by atoms with Gasteiger partial charge in [0.15, 0.2) is 0 Å². The molecule has 0 saturated carbocycles. The molecule has 57 heavy (non-hydrogen) atoms. The highest BCUT2D eigenvalue weighted by molar-refractivity contribution is 5.10. The Morgan fingerprint density at radius 1 is 0.368 bits per heavy atom. The van der Waals surface area contributed by atoms with Crippen molar-refractivity contribution in [2.24, 2.45) is 16.2 Å². The second kappa shape index (κ2) is 20.9. The van der Waals surface area contributed by atoms with Gasteiger partial charge < -0.3 is 71.1 Å². The van der Waals surface area contributed by atoms with E-state index in [9.17, 15) is 0 Å². The quantitative estimate of drug-likeness (QED) is 0.0887. The maximum Gasteiger partial charge on any atom is 0.325 e. The predicted molar refractivity (Wildman–Crippen MR) is 198 cm³/mol. The first-order valence-corrected chi connectivity index (χ1v) is 20.7. The number of ether oxygens (including phenoxy) is 15. The van der Waals surface area contributed by atoms with Gasteiger partial charge in [-0.1, -0.05) is 20.8 Å². The predicted octanol–water partition coefficient (Wildman–Crippen LogP) is 1.69. The van der Waals surface area contributed by atoms with Crippen LogP contribution in [-0.4, -0.2) is 190 Å². The van der Waals surface area contributed by atoms with Crippen molar-refractivity contribution in [3.05, 3.63) is 0 Å². The van der Waals surface area contributed by atoms with Gasteiger partial charge in [-0.25, -0.2) is 0 Å². The molecule has 6 saturated heterocycles. The van der Waals surface area contributed by atoms with Crippen LogP contribution in [0.2, 0.25) is 0 Å². The molecule has 6 atom stereocenters. The molecule has 6 unspecified atom stereocenters. The van der Waals surface area contributed by atoms with E-state index in [1.807, 2.05) is 0 Å². The summed E-state index contributed by atoms with van der Waals surface area (Å²) in [6.07, 6.45) is 2.96. The molecule has 324 valence electrons. The Labute approximate surface area is 335 Å². The first-order valence-electron chi connectivity index (χ1n) is 20.7. The fourth-order valence-electron chi connectivity index (χ4n) is 5.89. The molecule has 18 nitrogen and oxygen atoms in total. The van der Waals surface area contributed by atoms with E-state index in [-0.39, 0.29) is 74.5 Å². The lowest BCUT2D eigenvalue weighted by Gasteiger charge is -2.32. The summed E-state index contributed by atoms with van der Waals surface area (Å²) >= 11 is 0. The Hall–Kier alpha value is -2.07. The zero-order chi connectivity index (χ0) is 39.4. The molecule has 7 heterocycles. The normalized spacial score (nSPS) is 28.5. The zero-order valence-corrected chi connectivity index (χ0v) is 33.9. The fourth-order valence-corrected chi connectivity index (χ4v) is 5.89. The van der Waals surface area contributed by atoms with Crippen molar-refractivity contribution in [2.45, 2.75) is 76.7 Å². The Morgan fingerprint density at radius 2 is 0.561 bits per heavy atom. The van der Waals surface area contributed by atoms with Gasteiger partial charge in [0.25, 0.3) is 0 Å². The van der Waals surface area contributed by atoms with Crippen LogP contribution in [-0.2, 0) is 56.8 Å². The molecule has 0 bridgehead atoms. The Balaban J connectivity index is 1.06. The SMILES string of the molecule is CCC(COCC1CO1)(COCC1CO1)COc1nc(OCC(CC)(COCC2CO2)COCC2CO2)nc(OCC(CC)(COCC2CO2)COCC2CO2)n1. The molecule has 18 heteroatoms. The molecule has 0 aromatic carbocycles. The van der Waals surface area contributed by atoms with Crippen LogP contribution in [0.3, 0.4) is 0 Å². The van der Waals surface area contributed by atoms with E-state index < -0.39 is 16.2 Å². The lowest BCUT2D eigenvalue weighted by Crippen LogP contribution is -2.40. The summed E-state index contributed by atoms with van der Waals surface area (Å²) in [6, 6.07) is 0.171. The molecule has 0 aliphatic carbocycles. The van der Waals surface area contributed by atoms with Crippen LogP contribution in [0.4, 0.5) is 0 Å². The van der Waals surface area contributed by atoms with Crippen molar-refractivity contribution in [3.63, 3.8) is 0 Å². The van der Waals surface area contributed by atoms with Gasteiger partial charge in [0, 0.05) is 0 Å². The molecule has 6 aliphatic heterocycles. The number of epoxide rings is 6. The summed E-state index contributed by atoms with van der Waals surface area (Å²) in [6.45, 7) is 16.7. The molecular weight excluding hydrogens is 750 g/mol. The minimum absolute atomic E-state index is 0.0570. The lowest BCUT2D eigenvalue weighted by atomic mass is 9.88. The first kappa shape index (κ1) is 43.0. The van der Waals surface area contributed by atoms with Gasteiger partial charge in [0.2, 0.25) is 0 Å². The molecule has 0 amide bonds. The van der Waals surface area contributed by atoms with Crippen molar-refractivity contribution >= 4 is 0 Å². The zero-order valence-electron chi connectivity index (χ0n) is 33.9. The first-order chi connectivity index (χ1) is 27.9. The minimum atomic E-state index is -0.496. The number of hydrogen-bond donors (Lipinski definition) is 0. The topological polar surface area (TPSA) is 197 Å². The van der Waals surface area contributed by atoms with Gasteiger partial charge in [-0.05, 0) is 19.3 Å². The maximum atomic E-state index is 6.40. The summed E-state index contributed by atoms with van der Waals surface area (Å²) in [4.78, 5) is 13.9. The highest BCUT2D eigenvalue weighted by atomic mass is 16.6. The van der Waals surface area contributed by atoms with Gasteiger partial charge in [0.05, 0.1) is 135 Å². The van der Waals surface area contributed by atoms with Crippen molar-refractivity contribution in [1.29, 1.82) is 0 Å². The van der Waals surface area contributed by atoms with E-state index in [0.29, 0.717) is 119 Å². The average molecular weight is 814 g/mol. The number of aromatic nitrogens is 3. The maximum absolute atomic E-state index is 6.40. The highest BCUT2D eigenvalue weighted by Gasteiger charge is 2.38. The monoisotopic (exact) mass is 813 g/mol. The molecule has 1 aromatic rings. The standard InChI is InChI=1S/C39H63N3O15/c1-4-37(19-43-7-28-13-49-28,20-44-8-29-14-50-29)25-55-34-40-35(56-26-38(5-2,21-45-9-30-15-51-30)22-46-10-31-16-52-31)42-36(41-34)57-27-39(6-3,23-47-11-32-17-53-32)24-48-12-33-18-54-33/h28-33H,4-27H2,1-3H3. The van der Waals surface area contributed by atoms with Crippen LogP contribution in [0.5, 0.6) is 18.0 Å². The molecule has 6 fully saturated rings. The van der Waals surface area contributed by atoms with Gasteiger partial charge in [-0.2, -0.15) is 0 Å². The summed E-state index contributed by atoms with van der Waals surface area (Å²) in [7, 11) is 0. The fraction of sp³-hybridized carbons (Fsp3) is 0.923. The van der Waals surface area contributed by atoms with Crippen molar-refractivity contribution in [1.82, 2.24) is 15.0 Å². The van der Waals surface area contributed by atoms with Crippen LogP contribution in [0.25, 0.3) is 0 Å². The van der Waals surface area contributed by atoms with Crippen molar-refractivity contribution in [3.8, 4) is 18.0 Å². The lowest BCUT2D eigenvalue weighted by molar-refractivity contribution is -0.0576. The van der Waals surface area contributed by atoms with E-state index >= 15 is 0 Å². The Bertz CT molecular complexity index is 1120. The third kappa shape index (κ3) is 15.5. The van der Waals surface area contributed by atoms with E-state index in [1.165, 1.54) is 0 Å². The molecule has 0 spiro atoms. The molecule has 1 aromatic heterocycles. The minimum Gasteiger partial charge on any atom is -0.462 e. The average Bonchev–Trinajstić information content (AvgIpc) is 4.01. The van der Waals surface area contributed by atoms with E-state index in [4.69, 9.17) is 71.1 Å². The molecule has 0 N–H and O–H groups in total. The highest BCUT2D eigenvalue weighted by Crippen LogP contribution is 2.31. The van der Waals surface area contributed by atoms with Gasteiger partial charge in [-0.15, -0.1) is 15.0 Å². The van der Waals surface area contributed by atoms with Crippen LogP contribution >= 0.6 is 0 Å². The summed E-state index contributed by atoms with van der Waals surface area (Å²) < 4.78 is 88.1. The van der Waals surface area contributed by atoms with E-state index in [1.54, 1.807) is 0 Å². The van der Waals surface area contributed by atoms with Crippen LogP contribution in [0.15, 0.2) is 0 Å². The van der Waals surface area contributed by atoms with E-state index in [2.05, 4.69) is 35.7 Å². The molecule has 7 rings (SSSR count). The smallest absolute Gasteiger partial charge is 0.325 e. The summed E-state index contributed by atoms with van der Waals surface area (Å²) in [5, 5.41) is 0. The van der Waals surface area contributed by atoms with Gasteiger partial charge in [0.1, 0.15) is 56.4 Å². The van der Waals surface area contributed by atoms with Gasteiger partial charge in [-0.3, -0.25) is 0 Å². The number of rotatable bonds is 36. The summed E-state index contributed by atoms with van der Waals surface area (Å²) in [5.74, 6) is 0. The third-order valence-corrected chi connectivity index (χ3v) is 11.0. The molecule has 6 aliphatic rings. The Kier molecular flexibility index (Phi) is 15.8.